The van der Waals surface area contributed by atoms with E-state index >= 15 is 0 Å². The summed E-state index contributed by atoms with van der Waals surface area (Å²) in [5.41, 5.74) is 0. The molecule has 0 aromatic rings. The predicted molar refractivity (Wildman–Crippen MR) is 83.3 cm³/mol. The van der Waals surface area contributed by atoms with Crippen LogP contribution in [0.3, 0.4) is 0 Å². The highest BCUT2D eigenvalue weighted by Gasteiger charge is 2.53. The Morgan fingerprint density at radius 2 is 1.39 bits per heavy atom. The molecule has 2 heterocycles. The van der Waals surface area contributed by atoms with Gasteiger partial charge in [-0.05, 0) is 0 Å². The van der Waals surface area contributed by atoms with Gasteiger partial charge in [0, 0.05) is 0 Å². The normalized spacial score (nSPS) is 40.0. The highest BCUT2D eigenvalue weighted by atomic mass is 31.2. The van der Waals surface area contributed by atoms with Gasteiger partial charge in [0.05, 0.1) is 19.8 Å². The second kappa shape index (κ2) is 9.39. The molecule has 0 saturated carbocycles. The number of rotatable bonds is 8. The Balaban J connectivity index is 2.27. The molecule has 0 aromatic heterocycles. The van der Waals surface area contributed by atoms with Crippen LogP contribution >= 0.6 is 15.6 Å². The quantitative estimate of drug-likeness (QED) is 0.163. The SMILES string of the molecule is O=P(O)(O)O[C@@H]1[C@@H](O)[C@@H](O[C@H]2[C@@H](O)CO[C@@H]2CO)O[C@H](CO)[C@H]1OP(=O)(O)O. The van der Waals surface area contributed by atoms with Crippen LogP contribution < -0.4 is 0 Å². The molecule has 2 aliphatic rings. The maximum absolute atomic E-state index is 11.2. The van der Waals surface area contributed by atoms with Crippen LogP contribution in [0.1, 0.15) is 0 Å². The summed E-state index contributed by atoms with van der Waals surface area (Å²) in [6.45, 7) is -1.75. The summed E-state index contributed by atoms with van der Waals surface area (Å²) < 4.78 is 46.7. The molecule has 2 aliphatic heterocycles. The Kier molecular flexibility index (Phi) is 8.12. The molecule has 0 bridgehead atoms. The third kappa shape index (κ3) is 6.22. The van der Waals surface area contributed by atoms with Crippen LogP contribution in [0.2, 0.25) is 0 Å². The van der Waals surface area contributed by atoms with E-state index in [2.05, 4.69) is 9.05 Å². The van der Waals surface area contributed by atoms with Crippen LogP contribution in [0.4, 0.5) is 0 Å². The maximum atomic E-state index is 11.2. The topological polar surface area (TPSA) is 242 Å². The summed E-state index contributed by atoms with van der Waals surface area (Å²) in [6.07, 6.45) is -13.1. The van der Waals surface area contributed by atoms with Crippen molar-refractivity contribution in [1.29, 1.82) is 0 Å². The predicted octanol–water partition coefficient (Wildman–Crippen LogP) is -3.84. The molecule has 8 atom stereocenters. The molecule has 2 rings (SSSR count). The van der Waals surface area contributed by atoms with Crippen molar-refractivity contribution < 1.29 is 72.4 Å². The van der Waals surface area contributed by atoms with Crippen LogP contribution in [-0.2, 0) is 32.4 Å². The first kappa shape index (κ1) is 24.2. The molecule has 0 aliphatic carbocycles. The fourth-order valence-electron chi connectivity index (χ4n) is 2.87. The van der Waals surface area contributed by atoms with Crippen LogP contribution in [0, 0.1) is 0 Å². The van der Waals surface area contributed by atoms with E-state index in [1.807, 2.05) is 0 Å². The maximum Gasteiger partial charge on any atom is 0.470 e. The lowest BCUT2D eigenvalue weighted by Crippen LogP contribution is -2.61. The van der Waals surface area contributed by atoms with Crippen molar-refractivity contribution >= 4 is 15.6 Å². The molecule has 17 heteroatoms. The second-order valence-corrected chi connectivity index (χ2v) is 8.44. The minimum atomic E-state index is -5.30. The van der Waals surface area contributed by atoms with E-state index in [0.29, 0.717) is 0 Å². The van der Waals surface area contributed by atoms with Crippen molar-refractivity contribution in [2.45, 2.75) is 49.0 Å². The molecule has 28 heavy (non-hydrogen) atoms. The van der Waals surface area contributed by atoms with Gasteiger partial charge in [0.25, 0.3) is 0 Å². The first-order chi connectivity index (χ1) is 12.9. The minimum absolute atomic E-state index is 0.214. The standard InChI is InChI=1S/C11H22O15P2/c12-1-5-8(4(14)3-22-5)24-11-7(15)10(26-28(19,20)21)9(6(2-13)23-11)25-27(16,17)18/h4-15H,1-3H2,(H2,16,17,18)(H2,19,20,21)/t4-,5+,6+,7+,8-,9+,10+,11+/m0/s1. The third-order valence-corrected chi connectivity index (χ3v) is 5.05. The highest BCUT2D eigenvalue weighted by Crippen LogP contribution is 2.47. The lowest BCUT2D eigenvalue weighted by molar-refractivity contribution is -0.313. The van der Waals surface area contributed by atoms with Crippen molar-refractivity contribution in [2.75, 3.05) is 19.8 Å². The number of ether oxygens (including phenoxy) is 3. The Hall–Kier alpha value is -0.0600. The molecule has 0 radical (unpaired) electrons. The van der Waals surface area contributed by atoms with Crippen molar-refractivity contribution in [3.05, 3.63) is 0 Å². The Morgan fingerprint density at radius 1 is 0.857 bits per heavy atom. The molecule has 2 saturated heterocycles. The molecule has 15 nitrogen and oxygen atoms in total. The Morgan fingerprint density at radius 3 is 1.89 bits per heavy atom. The summed E-state index contributed by atoms with van der Waals surface area (Å²) in [5, 5.41) is 38.9. The summed E-state index contributed by atoms with van der Waals surface area (Å²) in [7, 11) is -10.6. The third-order valence-electron chi connectivity index (χ3n) is 4.01. The highest BCUT2D eigenvalue weighted by molar-refractivity contribution is 7.46. The first-order valence-electron chi connectivity index (χ1n) is 7.84. The minimum Gasteiger partial charge on any atom is -0.394 e. The van der Waals surface area contributed by atoms with Gasteiger partial charge in [-0.3, -0.25) is 9.05 Å². The number of hydrogen-bond donors (Lipinski definition) is 8. The molecular formula is C11H22O15P2. The fraction of sp³-hybridized carbons (Fsp3) is 1.00. The Bertz CT molecular complexity index is 605. The molecular weight excluding hydrogens is 434 g/mol. The second-order valence-electron chi connectivity index (χ2n) is 6.06. The monoisotopic (exact) mass is 456 g/mol. The van der Waals surface area contributed by atoms with Crippen molar-refractivity contribution in [2.24, 2.45) is 0 Å². The van der Waals surface area contributed by atoms with E-state index in [1.54, 1.807) is 0 Å². The van der Waals surface area contributed by atoms with Crippen molar-refractivity contribution in [1.82, 2.24) is 0 Å². The van der Waals surface area contributed by atoms with Gasteiger partial charge < -0.3 is 54.2 Å². The molecule has 0 amide bonds. The van der Waals surface area contributed by atoms with Crippen LogP contribution in [0.25, 0.3) is 0 Å². The van der Waals surface area contributed by atoms with Gasteiger partial charge in [0.1, 0.15) is 42.7 Å². The largest absolute Gasteiger partial charge is 0.470 e. The van der Waals surface area contributed by atoms with Crippen LogP contribution in [0.15, 0.2) is 0 Å². The number of aliphatic hydroxyl groups is 4. The summed E-state index contributed by atoms with van der Waals surface area (Å²) in [4.78, 5) is 36.1. The summed E-state index contributed by atoms with van der Waals surface area (Å²) >= 11 is 0. The van der Waals surface area contributed by atoms with E-state index < -0.39 is 77.9 Å². The van der Waals surface area contributed by atoms with Gasteiger partial charge in [0.15, 0.2) is 6.29 Å². The van der Waals surface area contributed by atoms with Crippen molar-refractivity contribution in [3.8, 4) is 0 Å². The Labute approximate surface area is 157 Å². The van der Waals surface area contributed by atoms with Gasteiger partial charge in [-0.25, -0.2) is 9.13 Å². The lowest BCUT2D eigenvalue weighted by atomic mass is 9.99. The van der Waals surface area contributed by atoms with Crippen LogP contribution in [0.5, 0.6) is 0 Å². The van der Waals surface area contributed by atoms with Gasteiger partial charge in [-0.15, -0.1) is 0 Å². The van der Waals surface area contributed by atoms with E-state index in [4.69, 9.17) is 33.8 Å². The molecule has 0 aromatic carbocycles. The van der Waals surface area contributed by atoms with Gasteiger partial charge in [-0.2, -0.15) is 0 Å². The van der Waals surface area contributed by atoms with Gasteiger partial charge in [-0.1, -0.05) is 0 Å². The van der Waals surface area contributed by atoms with Gasteiger partial charge in [0.2, 0.25) is 0 Å². The number of hydrogen-bond acceptors (Lipinski definition) is 11. The summed E-state index contributed by atoms with van der Waals surface area (Å²) in [6, 6.07) is 0. The zero-order chi connectivity index (χ0) is 21.3. The molecule has 2 fully saturated rings. The smallest absolute Gasteiger partial charge is 0.394 e. The molecule has 8 N–H and O–H groups in total. The molecule has 166 valence electrons. The summed E-state index contributed by atoms with van der Waals surface area (Å²) in [5.74, 6) is 0. The number of phosphoric acid groups is 2. The zero-order valence-electron chi connectivity index (χ0n) is 14.1. The molecule has 0 spiro atoms. The van der Waals surface area contributed by atoms with E-state index in [1.165, 1.54) is 0 Å². The number of phosphoric ester groups is 2. The fourth-order valence-corrected chi connectivity index (χ4v) is 4.00. The van der Waals surface area contributed by atoms with E-state index in [9.17, 15) is 29.6 Å². The van der Waals surface area contributed by atoms with Crippen molar-refractivity contribution in [3.63, 3.8) is 0 Å². The zero-order valence-corrected chi connectivity index (χ0v) is 15.9. The van der Waals surface area contributed by atoms with Crippen LogP contribution in [-0.4, -0.2) is 109 Å². The average molecular weight is 456 g/mol. The van der Waals surface area contributed by atoms with E-state index in [0.717, 1.165) is 0 Å². The molecule has 0 unspecified atom stereocenters. The lowest BCUT2D eigenvalue weighted by Gasteiger charge is -2.44. The van der Waals surface area contributed by atoms with Gasteiger partial charge >= 0.3 is 15.6 Å². The first-order valence-corrected chi connectivity index (χ1v) is 10.9. The number of aliphatic hydroxyl groups excluding tert-OH is 4. The average Bonchev–Trinajstić information content (AvgIpc) is 2.91. The van der Waals surface area contributed by atoms with E-state index in [-0.39, 0.29) is 6.61 Å².